The van der Waals surface area contributed by atoms with Crippen LogP contribution >= 0.6 is 11.3 Å². The lowest BCUT2D eigenvalue weighted by molar-refractivity contribution is -0.118. The fraction of sp³-hybridized carbons (Fsp3) is 0.286. The molecule has 0 spiro atoms. The molecule has 0 unspecified atom stereocenters. The second-order valence-corrected chi connectivity index (χ2v) is 5.02. The first kappa shape index (κ1) is 12.8. The number of amides is 1. The minimum absolute atomic E-state index is 0.0338. The fourth-order valence-corrected chi connectivity index (χ4v) is 2.42. The summed E-state index contributed by atoms with van der Waals surface area (Å²) in [5, 5.41) is 5.85. The Labute approximate surface area is 111 Å². The predicted molar refractivity (Wildman–Crippen MR) is 74.6 cm³/mol. The van der Waals surface area contributed by atoms with E-state index in [-0.39, 0.29) is 5.91 Å². The highest BCUT2D eigenvalue weighted by atomic mass is 32.1. The standard InChI is InChI=1S/C14H16N2OS/c1-11(17)15-7-3-5-12-4-2-6-13(10-12)14-16-8-9-18-14/h2,4,6,8-10H,3,5,7H2,1H3,(H,15,17). The largest absolute Gasteiger partial charge is 0.356 e. The van der Waals surface area contributed by atoms with Gasteiger partial charge in [0.25, 0.3) is 0 Å². The van der Waals surface area contributed by atoms with Gasteiger partial charge in [-0.15, -0.1) is 11.3 Å². The first-order valence-electron chi connectivity index (χ1n) is 5.99. The molecule has 0 aliphatic carbocycles. The summed E-state index contributed by atoms with van der Waals surface area (Å²) in [5.41, 5.74) is 2.45. The average Bonchev–Trinajstić information content (AvgIpc) is 2.89. The van der Waals surface area contributed by atoms with Crippen molar-refractivity contribution in [2.45, 2.75) is 19.8 Å². The molecule has 0 saturated carbocycles. The van der Waals surface area contributed by atoms with Gasteiger partial charge in [0.1, 0.15) is 5.01 Å². The molecule has 0 radical (unpaired) electrons. The number of aromatic nitrogens is 1. The number of carbonyl (C=O) groups excluding carboxylic acids is 1. The van der Waals surface area contributed by atoms with Gasteiger partial charge in [0.05, 0.1) is 0 Å². The Morgan fingerprint density at radius 2 is 2.33 bits per heavy atom. The highest BCUT2D eigenvalue weighted by Gasteiger charge is 2.01. The molecule has 2 aromatic rings. The molecule has 0 bridgehead atoms. The Balaban J connectivity index is 1.94. The molecule has 0 aliphatic heterocycles. The van der Waals surface area contributed by atoms with Crippen molar-refractivity contribution in [1.82, 2.24) is 10.3 Å². The van der Waals surface area contributed by atoms with Crippen LogP contribution in [0.5, 0.6) is 0 Å². The Morgan fingerprint density at radius 1 is 1.44 bits per heavy atom. The van der Waals surface area contributed by atoms with Gasteiger partial charge in [-0.05, 0) is 24.5 Å². The zero-order valence-electron chi connectivity index (χ0n) is 10.3. The fourth-order valence-electron chi connectivity index (χ4n) is 1.78. The van der Waals surface area contributed by atoms with E-state index in [0.29, 0.717) is 0 Å². The number of nitrogens with zero attached hydrogens (tertiary/aromatic N) is 1. The van der Waals surface area contributed by atoms with Crippen molar-refractivity contribution in [1.29, 1.82) is 0 Å². The van der Waals surface area contributed by atoms with Crippen molar-refractivity contribution in [2.75, 3.05) is 6.54 Å². The van der Waals surface area contributed by atoms with Crippen molar-refractivity contribution in [2.24, 2.45) is 0 Å². The molecule has 0 saturated heterocycles. The van der Waals surface area contributed by atoms with Gasteiger partial charge in [0.15, 0.2) is 0 Å². The van der Waals surface area contributed by atoms with Crippen LogP contribution in [0.25, 0.3) is 10.6 Å². The van der Waals surface area contributed by atoms with Crippen molar-refractivity contribution < 1.29 is 4.79 Å². The normalized spacial score (nSPS) is 10.3. The number of aryl methyl sites for hydroxylation is 1. The molecule has 0 atom stereocenters. The summed E-state index contributed by atoms with van der Waals surface area (Å²) in [7, 11) is 0. The molecule has 18 heavy (non-hydrogen) atoms. The van der Waals surface area contributed by atoms with E-state index >= 15 is 0 Å². The minimum Gasteiger partial charge on any atom is -0.356 e. The van der Waals surface area contributed by atoms with Crippen molar-refractivity contribution in [3.05, 3.63) is 41.4 Å². The van der Waals surface area contributed by atoms with Crippen LogP contribution in [0.4, 0.5) is 0 Å². The zero-order chi connectivity index (χ0) is 12.8. The van der Waals surface area contributed by atoms with Gasteiger partial charge >= 0.3 is 0 Å². The first-order chi connectivity index (χ1) is 8.75. The summed E-state index contributed by atoms with van der Waals surface area (Å²) < 4.78 is 0. The number of carbonyl (C=O) groups is 1. The molecular weight excluding hydrogens is 244 g/mol. The third kappa shape index (κ3) is 3.67. The summed E-state index contributed by atoms with van der Waals surface area (Å²) in [6.45, 7) is 2.28. The Morgan fingerprint density at radius 3 is 3.06 bits per heavy atom. The van der Waals surface area contributed by atoms with Crippen molar-refractivity contribution in [3.8, 4) is 10.6 Å². The van der Waals surface area contributed by atoms with Gasteiger partial charge < -0.3 is 5.32 Å². The minimum atomic E-state index is 0.0338. The van der Waals surface area contributed by atoms with E-state index in [1.54, 1.807) is 18.3 Å². The lowest BCUT2D eigenvalue weighted by Crippen LogP contribution is -2.21. The molecule has 0 fully saturated rings. The number of hydrogen-bond donors (Lipinski definition) is 1. The lowest BCUT2D eigenvalue weighted by atomic mass is 10.1. The van der Waals surface area contributed by atoms with Crippen LogP contribution < -0.4 is 5.32 Å². The van der Waals surface area contributed by atoms with E-state index in [0.717, 1.165) is 24.4 Å². The number of hydrogen-bond acceptors (Lipinski definition) is 3. The number of thiazole rings is 1. The van der Waals surface area contributed by atoms with Crippen LogP contribution in [-0.2, 0) is 11.2 Å². The van der Waals surface area contributed by atoms with Gasteiger partial charge in [-0.1, -0.05) is 18.2 Å². The van der Waals surface area contributed by atoms with E-state index < -0.39 is 0 Å². The van der Waals surface area contributed by atoms with E-state index in [9.17, 15) is 4.79 Å². The highest BCUT2D eigenvalue weighted by molar-refractivity contribution is 7.13. The van der Waals surface area contributed by atoms with E-state index in [1.807, 2.05) is 11.6 Å². The van der Waals surface area contributed by atoms with E-state index in [1.165, 1.54) is 11.1 Å². The molecule has 0 aliphatic rings. The van der Waals surface area contributed by atoms with Gasteiger partial charge in [-0.25, -0.2) is 4.98 Å². The van der Waals surface area contributed by atoms with E-state index in [4.69, 9.17) is 0 Å². The van der Waals surface area contributed by atoms with E-state index in [2.05, 4.69) is 34.6 Å². The van der Waals surface area contributed by atoms with Gasteiger partial charge in [0.2, 0.25) is 5.91 Å². The van der Waals surface area contributed by atoms with Crippen LogP contribution in [0.1, 0.15) is 18.9 Å². The third-order valence-electron chi connectivity index (χ3n) is 2.62. The molecule has 1 aromatic carbocycles. The van der Waals surface area contributed by atoms with Crippen molar-refractivity contribution >= 4 is 17.2 Å². The van der Waals surface area contributed by atoms with Gasteiger partial charge in [-0.2, -0.15) is 0 Å². The molecular formula is C14H16N2OS. The average molecular weight is 260 g/mol. The zero-order valence-corrected chi connectivity index (χ0v) is 11.2. The molecule has 94 valence electrons. The molecule has 1 amide bonds. The Kier molecular flexibility index (Phi) is 4.47. The lowest BCUT2D eigenvalue weighted by Gasteiger charge is -2.04. The third-order valence-corrected chi connectivity index (χ3v) is 3.44. The SMILES string of the molecule is CC(=O)NCCCc1cccc(-c2nccs2)c1. The molecule has 1 aromatic heterocycles. The maximum Gasteiger partial charge on any atom is 0.216 e. The molecule has 2 rings (SSSR count). The smallest absolute Gasteiger partial charge is 0.216 e. The summed E-state index contributed by atoms with van der Waals surface area (Å²) in [5.74, 6) is 0.0338. The Bertz CT molecular complexity index is 508. The second kappa shape index (κ2) is 6.31. The summed E-state index contributed by atoms with van der Waals surface area (Å²) in [4.78, 5) is 15.1. The first-order valence-corrected chi connectivity index (χ1v) is 6.87. The monoisotopic (exact) mass is 260 g/mol. The highest BCUT2D eigenvalue weighted by Crippen LogP contribution is 2.22. The Hall–Kier alpha value is -1.68. The van der Waals surface area contributed by atoms with Crippen LogP contribution in [0.3, 0.4) is 0 Å². The van der Waals surface area contributed by atoms with Gasteiger partial charge in [-0.3, -0.25) is 4.79 Å². The van der Waals surface area contributed by atoms with Crippen LogP contribution in [-0.4, -0.2) is 17.4 Å². The van der Waals surface area contributed by atoms with Crippen molar-refractivity contribution in [3.63, 3.8) is 0 Å². The molecule has 1 heterocycles. The topological polar surface area (TPSA) is 42.0 Å². The van der Waals surface area contributed by atoms with Gasteiger partial charge in [0, 0.05) is 30.6 Å². The molecule has 1 N–H and O–H groups in total. The molecule has 3 nitrogen and oxygen atoms in total. The maximum absolute atomic E-state index is 10.7. The summed E-state index contributed by atoms with van der Waals surface area (Å²) in [6.07, 6.45) is 3.75. The number of rotatable bonds is 5. The van der Waals surface area contributed by atoms with Crippen LogP contribution in [0.15, 0.2) is 35.8 Å². The molecule has 4 heteroatoms. The second-order valence-electron chi connectivity index (χ2n) is 4.12. The van der Waals surface area contributed by atoms with Crippen LogP contribution in [0, 0.1) is 0 Å². The maximum atomic E-state index is 10.7. The number of benzene rings is 1. The number of nitrogens with one attached hydrogen (secondary N) is 1. The quantitative estimate of drug-likeness (QED) is 0.840. The summed E-state index contributed by atoms with van der Waals surface area (Å²) >= 11 is 1.65. The predicted octanol–water partition coefficient (Wildman–Crippen LogP) is 2.88. The van der Waals surface area contributed by atoms with Crippen LogP contribution in [0.2, 0.25) is 0 Å². The summed E-state index contributed by atoms with van der Waals surface area (Å²) in [6, 6.07) is 8.43.